The Balaban J connectivity index is 2.90. The highest BCUT2D eigenvalue weighted by Gasteiger charge is 2.04. The molecule has 3 nitrogen and oxygen atoms in total. The maximum atomic E-state index is 10.5. The molecule has 56 valence electrons. The topological polar surface area (TPSA) is 34.4 Å². The molecule has 2 rings (SSSR count). The second-order valence-electron chi connectivity index (χ2n) is 2.26. The molecule has 0 aromatic carbocycles. The number of imidazole rings is 1. The molecule has 0 bridgehead atoms. The van der Waals surface area contributed by atoms with E-state index in [1.165, 1.54) is 11.3 Å². The van der Waals surface area contributed by atoms with Crippen LogP contribution in [-0.2, 0) is 0 Å². The number of carbonyl (C=O) groups excluding carboxylic acids is 1. The van der Waals surface area contributed by atoms with Gasteiger partial charge < -0.3 is 0 Å². The molecular formula is C7H6N2OS. The van der Waals surface area contributed by atoms with E-state index in [9.17, 15) is 4.79 Å². The van der Waals surface area contributed by atoms with Gasteiger partial charge in [-0.15, -0.1) is 11.3 Å². The predicted octanol–water partition coefficient (Wildman–Crippen LogP) is 1.52. The van der Waals surface area contributed by atoms with Crippen LogP contribution in [0.25, 0.3) is 4.83 Å². The average Bonchev–Trinajstić information content (AvgIpc) is 2.54. The highest BCUT2D eigenvalue weighted by molar-refractivity contribution is 7.15. The first-order chi connectivity index (χ1) is 5.33. The summed E-state index contributed by atoms with van der Waals surface area (Å²) in [5, 5.41) is 1.83. The molecule has 0 saturated heterocycles. The number of hydrogen-bond acceptors (Lipinski definition) is 3. The Morgan fingerprint density at radius 1 is 1.73 bits per heavy atom. The molecule has 2 heterocycles. The van der Waals surface area contributed by atoms with Gasteiger partial charge in [0.1, 0.15) is 10.7 Å². The molecule has 0 radical (unpaired) electrons. The number of aldehydes is 1. The summed E-state index contributed by atoms with van der Waals surface area (Å²) in [6.07, 6.45) is 2.62. The minimum Gasteiger partial charge on any atom is -0.296 e. The summed E-state index contributed by atoms with van der Waals surface area (Å²) in [7, 11) is 0. The number of fused-ring (bicyclic) bond motifs is 1. The third kappa shape index (κ3) is 0.793. The van der Waals surface area contributed by atoms with Crippen LogP contribution in [0.5, 0.6) is 0 Å². The van der Waals surface area contributed by atoms with Crippen molar-refractivity contribution in [2.75, 3.05) is 0 Å². The lowest BCUT2D eigenvalue weighted by Crippen LogP contribution is -1.90. The Hall–Kier alpha value is -1.16. The van der Waals surface area contributed by atoms with E-state index in [2.05, 4.69) is 4.98 Å². The van der Waals surface area contributed by atoms with Crippen molar-refractivity contribution in [2.45, 2.75) is 6.92 Å². The van der Waals surface area contributed by atoms with Crippen molar-refractivity contribution >= 4 is 22.5 Å². The molecule has 0 saturated carbocycles. The normalized spacial score (nSPS) is 10.6. The molecule has 0 N–H and O–H groups in total. The molecule has 2 aromatic rings. The van der Waals surface area contributed by atoms with Gasteiger partial charge in [-0.2, -0.15) is 0 Å². The average molecular weight is 166 g/mol. The van der Waals surface area contributed by atoms with Gasteiger partial charge in [0, 0.05) is 5.38 Å². The van der Waals surface area contributed by atoms with E-state index < -0.39 is 0 Å². The predicted molar refractivity (Wildman–Crippen MR) is 43.2 cm³/mol. The SMILES string of the molecule is Cc1ncc2scc(C=O)n12. The maximum absolute atomic E-state index is 10.5. The largest absolute Gasteiger partial charge is 0.296 e. The third-order valence-corrected chi connectivity index (χ3v) is 2.47. The molecule has 4 heteroatoms. The first-order valence-electron chi connectivity index (χ1n) is 3.19. The van der Waals surface area contributed by atoms with Crippen LogP contribution in [-0.4, -0.2) is 15.7 Å². The Morgan fingerprint density at radius 2 is 2.55 bits per heavy atom. The smallest absolute Gasteiger partial charge is 0.167 e. The van der Waals surface area contributed by atoms with Crippen LogP contribution in [0.15, 0.2) is 11.6 Å². The van der Waals surface area contributed by atoms with E-state index in [-0.39, 0.29) is 0 Å². The van der Waals surface area contributed by atoms with Crippen molar-refractivity contribution in [1.29, 1.82) is 0 Å². The van der Waals surface area contributed by atoms with Crippen molar-refractivity contribution in [3.8, 4) is 0 Å². The molecule has 0 amide bonds. The van der Waals surface area contributed by atoms with Gasteiger partial charge >= 0.3 is 0 Å². The van der Waals surface area contributed by atoms with Crippen molar-refractivity contribution in [2.24, 2.45) is 0 Å². The summed E-state index contributed by atoms with van der Waals surface area (Å²) < 4.78 is 1.84. The zero-order chi connectivity index (χ0) is 7.84. The van der Waals surface area contributed by atoms with Gasteiger partial charge in [-0.25, -0.2) is 4.98 Å². The summed E-state index contributed by atoms with van der Waals surface area (Å²) >= 11 is 1.53. The molecule has 0 aliphatic carbocycles. The standard InChI is InChI=1S/C7H6N2OS/c1-5-8-2-7-9(5)6(3-10)4-11-7/h2-4H,1H3. The number of carbonyl (C=O) groups is 1. The van der Waals surface area contributed by atoms with Crippen LogP contribution in [0.1, 0.15) is 16.3 Å². The molecule has 11 heavy (non-hydrogen) atoms. The van der Waals surface area contributed by atoms with E-state index >= 15 is 0 Å². The summed E-state index contributed by atoms with van der Waals surface area (Å²) in [5.74, 6) is 0.864. The van der Waals surface area contributed by atoms with E-state index in [4.69, 9.17) is 0 Å². The lowest BCUT2D eigenvalue weighted by Gasteiger charge is -1.88. The van der Waals surface area contributed by atoms with Crippen molar-refractivity contribution in [3.05, 3.63) is 23.1 Å². The summed E-state index contributed by atoms with van der Waals surface area (Å²) in [4.78, 5) is 15.6. The number of hydrogen-bond donors (Lipinski definition) is 0. The van der Waals surface area contributed by atoms with Crippen LogP contribution in [0.2, 0.25) is 0 Å². The van der Waals surface area contributed by atoms with E-state index in [1.807, 2.05) is 16.7 Å². The molecule has 0 unspecified atom stereocenters. The Bertz CT molecular complexity index is 401. The van der Waals surface area contributed by atoms with E-state index in [0.717, 1.165) is 16.9 Å². The quantitative estimate of drug-likeness (QED) is 0.602. The highest BCUT2D eigenvalue weighted by atomic mass is 32.1. The summed E-state index contributed by atoms with van der Waals surface area (Å²) in [6, 6.07) is 0. The van der Waals surface area contributed by atoms with E-state index in [1.54, 1.807) is 6.20 Å². The van der Waals surface area contributed by atoms with Crippen molar-refractivity contribution in [1.82, 2.24) is 9.38 Å². The van der Waals surface area contributed by atoms with Gasteiger partial charge in [0.2, 0.25) is 0 Å². The fourth-order valence-electron chi connectivity index (χ4n) is 1.07. The van der Waals surface area contributed by atoms with Gasteiger partial charge in [0.05, 0.1) is 11.9 Å². The lowest BCUT2D eigenvalue weighted by molar-refractivity contribution is 0.111. The van der Waals surface area contributed by atoms with E-state index in [0.29, 0.717) is 5.69 Å². The minimum absolute atomic E-state index is 0.681. The zero-order valence-corrected chi connectivity index (χ0v) is 6.76. The molecule has 0 atom stereocenters. The third-order valence-electron chi connectivity index (χ3n) is 1.59. The Morgan fingerprint density at radius 3 is 3.27 bits per heavy atom. The molecule has 0 aliphatic heterocycles. The monoisotopic (exact) mass is 166 g/mol. The van der Waals surface area contributed by atoms with Gasteiger partial charge in [-0.3, -0.25) is 9.20 Å². The van der Waals surface area contributed by atoms with Gasteiger partial charge in [0.25, 0.3) is 0 Å². The Kier molecular flexibility index (Phi) is 1.29. The number of nitrogens with zero attached hydrogens (tertiary/aromatic N) is 2. The minimum atomic E-state index is 0.681. The molecule has 0 spiro atoms. The summed E-state index contributed by atoms with van der Waals surface area (Å²) in [6.45, 7) is 1.88. The molecule has 0 fully saturated rings. The van der Waals surface area contributed by atoms with Crippen LogP contribution < -0.4 is 0 Å². The maximum Gasteiger partial charge on any atom is 0.167 e. The second kappa shape index (κ2) is 2.17. The number of rotatable bonds is 1. The van der Waals surface area contributed by atoms with Crippen LogP contribution in [0, 0.1) is 6.92 Å². The number of aromatic nitrogens is 2. The first-order valence-corrected chi connectivity index (χ1v) is 4.07. The van der Waals surface area contributed by atoms with Crippen molar-refractivity contribution < 1.29 is 4.79 Å². The second-order valence-corrected chi connectivity index (χ2v) is 3.15. The van der Waals surface area contributed by atoms with Gasteiger partial charge in [-0.1, -0.05) is 0 Å². The fraction of sp³-hybridized carbons (Fsp3) is 0.143. The summed E-state index contributed by atoms with van der Waals surface area (Å²) in [5.41, 5.74) is 0.681. The number of thiazole rings is 1. The highest BCUT2D eigenvalue weighted by Crippen LogP contribution is 2.16. The first kappa shape index (κ1) is 6.54. The van der Waals surface area contributed by atoms with Gasteiger partial charge in [0.15, 0.2) is 6.29 Å². The zero-order valence-electron chi connectivity index (χ0n) is 5.94. The Labute approximate surface area is 67.3 Å². The molecule has 0 aliphatic rings. The number of aryl methyl sites for hydroxylation is 1. The van der Waals surface area contributed by atoms with Gasteiger partial charge in [-0.05, 0) is 6.92 Å². The van der Waals surface area contributed by atoms with Crippen LogP contribution in [0.4, 0.5) is 0 Å². The molecular weight excluding hydrogens is 160 g/mol. The lowest BCUT2D eigenvalue weighted by atomic mass is 10.5. The van der Waals surface area contributed by atoms with Crippen LogP contribution in [0.3, 0.4) is 0 Å². The molecule has 2 aromatic heterocycles. The van der Waals surface area contributed by atoms with Crippen molar-refractivity contribution in [3.63, 3.8) is 0 Å². The fourth-order valence-corrected chi connectivity index (χ4v) is 1.93. The van der Waals surface area contributed by atoms with Crippen LogP contribution >= 0.6 is 11.3 Å².